The zero-order valence-electron chi connectivity index (χ0n) is 10.0. The van der Waals surface area contributed by atoms with Crippen molar-refractivity contribution in [3.63, 3.8) is 0 Å². The SMILES string of the molecule is CC(C)c1ccc2c(c1)[CH]CC(C)(C)O2. The maximum Gasteiger partial charge on any atom is 0.123 e. The molecule has 1 nitrogen and oxygen atoms in total. The van der Waals surface area contributed by atoms with E-state index in [2.05, 4.69) is 52.3 Å². The Morgan fingerprint density at radius 1 is 1.27 bits per heavy atom. The van der Waals surface area contributed by atoms with E-state index in [1.165, 1.54) is 11.1 Å². The smallest absolute Gasteiger partial charge is 0.123 e. The normalized spacial score (nSPS) is 18.5. The van der Waals surface area contributed by atoms with E-state index >= 15 is 0 Å². The van der Waals surface area contributed by atoms with Gasteiger partial charge in [-0.1, -0.05) is 26.0 Å². The lowest BCUT2D eigenvalue weighted by molar-refractivity contribution is 0.0987. The second-order valence-corrected chi connectivity index (χ2v) is 5.22. The predicted octanol–water partition coefficient (Wildman–Crippen LogP) is 3.92. The maximum absolute atomic E-state index is 5.92. The van der Waals surface area contributed by atoms with Gasteiger partial charge in [0.25, 0.3) is 0 Å². The van der Waals surface area contributed by atoms with E-state index in [9.17, 15) is 0 Å². The zero-order valence-corrected chi connectivity index (χ0v) is 10.0. The molecule has 1 aliphatic heterocycles. The molecule has 1 aliphatic rings. The van der Waals surface area contributed by atoms with Crippen molar-refractivity contribution < 1.29 is 4.74 Å². The van der Waals surface area contributed by atoms with E-state index in [4.69, 9.17) is 4.74 Å². The Morgan fingerprint density at radius 2 is 2.00 bits per heavy atom. The van der Waals surface area contributed by atoms with Crippen LogP contribution in [0.5, 0.6) is 5.75 Å². The summed E-state index contributed by atoms with van der Waals surface area (Å²) >= 11 is 0. The zero-order chi connectivity index (χ0) is 11.1. The standard InChI is InChI=1S/C14H19O/c1-10(2)11-5-6-13-12(9-11)7-8-14(3,4)15-13/h5-7,9-10H,8H2,1-4H3. The first kappa shape index (κ1) is 10.5. The van der Waals surface area contributed by atoms with Gasteiger partial charge >= 0.3 is 0 Å². The third-order valence-electron chi connectivity index (χ3n) is 2.90. The van der Waals surface area contributed by atoms with Crippen molar-refractivity contribution in [3.8, 4) is 5.75 Å². The molecule has 2 rings (SSSR count). The fourth-order valence-electron chi connectivity index (χ4n) is 1.87. The Balaban J connectivity index is 2.32. The van der Waals surface area contributed by atoms with Crippen LogP contribution in [0.2, 0.25) is 0 Å². The molecule has 1 aromatic carbocycles. The molecule has 0 aromatic heterocycles. The van der Waals surface area contributed by atoms with Gasteiger partial charge in [0, 0.05) is 0 Å². The van der Waals surface area contributed by atoms with Gasteiger partial charge in [0.05, 0.1) is 0 Å². The van der Waals surface area contributed by atoms with Gasteiger partial charge in [-0.2, -0.15) is 0 Å². The average molecular weight is 203 g/mol. The van der Waals surface area contributed by atoms with Gasteiger partial charge in [-0.05, 0) is 49.8 Å². The van der Waals surface area contributed by atoms with Gasteiger partial charge in [-0.25, -0.2) is 0 Å². The third-order valence-corrected chi connectivity index (χ3v) is 2.90. The van der Waals surface area contributed by atoms with Crippen molar-refractivity contribution in [2.45, 2.75) is 45.6 Å². The van der Waals surface area contributed by atoms with Gasteiger partial charge in [-0.15, -0.1) is 0 Å². The Morgan fingerprint density at radius 3 is 2.67 bits per heavy atom. The lowest BCUT2D eigenvalue weighted by atomic mass is 9.91. The van der Waals surface area contributed by atoms with Crippen molar-refractivity contribution >= 4 is 0 Å². The lowest BCUT2D eigenvalue weighted by Crippen LogP contribution is -2.31. The summed E-state index contributed by atoms with van der Waals surface area (Å²) in [5.74, 6) is 1.61. The molecule has 1 heteroatoms. The highest BCUT2D eigenvalue weighted by atomic mass is 16.5. The van der Waals surface area contributed by atoms with Crippen molar-refractivity contribution in [2.75, 3.05) is 0 Å². The average Bonchev–Trinajstić information content (AvgIpc) is 2.15. The highest BCUT2D eigenvalue weighted by Gasteiger charge is 2.26. The minimum atomic E-state index is -0.0493. The minimum Gasteiger partial charge on any atom is -0.488 e. The van der Waals surface area contributed by atoms with Crippen molar-refractivity contribution in [1.82, 2.24) is 0 Å². The topological polar surface area (TPSA) is 9.23 Å². The molecule has 0 fully saturated rings. The third kappa shape index (κ3) is 2.17. The molecule has 0 atom stereocenters. The van der Waals surface area contributed by atoms with Crippen molar-refractivity contribution in [2.24, 2.45) is 0 Å². The summed E-state index contributed by atoms with van der Waals surface area (Å²) in [6.45, 7) is 8.69. The van der Waals surface area contributed by atoms with Crippen LogP contribution in [0.25, 0.3) is 0 Å². The van der Waals surface area contributed by atoms with E-state index in [0.29, 0.717) is 5.92 Å². The first-order chi connectivity index (χ1) is 6.98. The van der Waals surface area contributed by atoms with Crippen LogP contribution >= 0.6 is 0 Å². The van der Waals surface area contributed by atoms with E-state index < -0.39 is 0 Å². The van der Waals surface area contributed by atoms with Crippen LogP contribution < -0.4 is 4.74 Å². The molecular weight excluding hydrogens is 184 g/mol. The molecule has 0 unspecified atom stereocenters. The first-order valence-electron chi connectivity index (χ1n) is 5.64. The molecule has 1 aromatic rings. The van der Waals surface area contributed by atoms with Gasteiger partial charge < -0.3 is 4.74 Å². The molecule has 0 spiro atoms. The van der Waals surface area contributed by atoms with E-state index in [0.717, 1.165) is 12.2 Å². The summed E-state index contributed by atoms with van der Waals surface area (Å²) in [6, 6.07) is 6.51. The van der Waals surface area contributed by atoms with E-state index in [-0.39, 0.29) is 5.60 Å². The van der Waals surface area contributed by atoms with Crippen LogP contribution in [-0.4, -0.2) is 5.60 Å². The molecule has 0 amide bonds. The van der Waals surface area contributed by atoms with Crippen LogP contribution in [0.1, 0.15) is 51.2 Å². The highest BCUT2D eigenvalue weighted by Crippen LogP contribution is 2.35. The van der Waals surface area contributed by atoms with Gasteiger partial charge in [0.2, 0.25) is 0 Å². The summed E-state index contributed by atoms with van der Waals surface area (Å²) in [6.07, 6.45) is 3.27. The highest BCUT2D eigenvalue weighted by molar-refractivity contribution is 5.44. The molecule has 0 bridgehead atoms. The number of benzene rings is 1. The molecule has 0 N–H and O–H groups in total. The quantitative estimate of drug-likeness (QED) is 0.672. The molecule has 0 saturated heterocycles. The summed E-state index contributed by atoms with van der Waals surface area (Å²) in [5, 5.41) is 0. The number of hydrogen-bond donors (Lipinski definition) is 0. The van der Waals surface area contributed by atoms with Crippen molar-refractivity contribution in [1.29, 1.82) is 0 Å². The number of rotatable bonds is 1. The minimum absolute atomic E-state index is 0.0493. The van der Waals surface area contributed by atoms with Crippen LogP contribution in [-0.2, 0) is 0 Å². The number of fused-ring (bicyclic) bond motifs is 1. The monoisotopic (exact) mass is 203 g/mol. The molecule has 1 heterocycles. The maximum atomic E-state index is 5.92. The fourth-order valence-corrected chi connectivity index (χ4v) is 1.87. The van der Waals surface area contributed by atoms with Gasteiger partial charge in [-0.3, -0.25) is 0 Å². The van der Waals surface area contributed by atoms with E-state index in [1.807, 2.05) is 0 Å². The first-order valence-corrected chi connectivity index (χ1v) is 5.64. The van der Waals surface area contributed by atoms with Crippen LogP contribution in [0.15, 0.2) is 18.2 Å². The molecule has 15 heavy (non-hydrogen) atoms. The summed E-state index contributed by atoms with van der Waals surface area (Å²) < 4.78 is 5.92. The Bertz CT molecular complexity index is 364. The van der Waals surface area contributed by atoms with Crippen LogP contribution in [0.3, 0.4) is 0 Å². The Hall–Kier alpha value is -0.980. The van der Waals surface area contributed by atoms with E-state index in [1.54, 1.807) is 0 Å². The second kappa shape index (κ2) is 3.55. The second-order valence-electron chi connectivity index (χ2n) is 5.22. The summed E-state index contributed by atoms with van der Waals surface area (Å²) in [5.41, 5.74) is 2.58. The number of hydrogen-bond acceptors (Lipinski definition) is 1. The van der Waals surface area contributed by atoms with Crippen LogP contribution in [0, 0.1) is 6.42 Å². The fraction of sp³-hybridized carbons (Fsp3) is 0.500. The summed E-state index contributed by atoms with van der Waals surface area (Å²) in [7, 11) is 0. The van der Waals surface area contributed by atoms with Crippen LogP contribution in [0.4, 0.5) is 0 Å². The molecular formula is C14H19O. The molecule has 0 aliphatic carbocycles. The van der Waals surface area contributed by atoms with Crippen molar-refractivity contribution in [3.05, 3.63) is 35.7 Å². The largest absolute Gasteiger partial charge is 0.488 e. The molecule has 1 radical (unpaired) electrons. The van der Waals surface area contributed by atoms with Gasteiger partial charge in [0.15, 0.2) is 0 Å². The molecule has 0 saturated carbocycles. The summed E-state index contributed by atoms with van der Waals surface area (Å²) in [4.78, 5) is 0. The Kier molecular flexibility index (Phi) is 2.49. The van der Waals surface area contributed by atoms with Gasteiger partial charge in [0.1, 0.15) is 11.4 Å². The lowest BCUT2D eigenvalue weighted by Gasteiger charge is -2.32. The molecule has 81 valence electrons. The Labute approximate surface area is 92.5 Å². The predicted molar refractivity (Wildman–Crippen MR) is 63.3 cm³/mol. The number of ether oxygens (including phenoxy) is 1.